The molecule has 0 saturated carbocycles. The molecule has 0 aliphatic carbocycles. The minimum Gasteiger partial charge on any atom is -0.493 e. The third kappa shape index (κ3) is 6.12. The smallest absolute Gasteiger partial charge is 0.246 e. The number of hydrogen-bond acceptors (Lipinski definition) is 5. The largest absolute Gasteiger partial charge is 0.493 e. The third-order valence-corrected chi connectivity index (χ3v) is 5.09. The van der Waals surface area contributed by atoms with E-state index in [1.54, 1.807) is 30.2 Å². The van der Waals surface area contributed by atoms with Crippen LogP contribution in [-0.4, -0.2) is 57.9 Å². The van der Waals surface area contributed by atoms with Crippen molar-refractivity contribution in [2.24, 2.45) is 0 Å². The summed E-state index contributed by atoms with van der Waals surface area (Å²) in [6.07, 6.45) is 5.04. The number of methoxy groups -OCH3 is 1. The second kappa shape index (κ2) is 11.2. The van der Waals surface area contributed by atoms with Crippen LogP contribution >= 0.6 is 0 Å². The number of likely N-dealkylation sites (N-methyl/N-ethyl adjacent to an activating group) is 1. The number of nitrogens with zero attached hydrogens (tertiary/aromatic N) is 2. The van der Waals surface area contributed by atoms with Gasteiger partial charge in [-0.3, -0.25) is 4.79 Å². The van der Waals surface area contributed by atoms with Crippen molar-refractivity contribution in [1.82, 2.24) is 4.90 Å². The fraction of sp³-hybridized carbons (Fsp3) is 0.320. The van der Waals surface area contributed by atoms with Crippen LogP contribution in [0, 0.1) is 0 Å². The molecule has 0 aromatic heterocycles. The predicted molar refractivity (Wildman–Crippen MR) is 124 cm³/mol. The van der Waals surface area contributed by atoms with Gasteiger partial charge in [0.05, 0.1) is 20.3 Å². The Morgan fingerprint density at radius 2 is 1.97 bits per heavy atom. The molecule has 1 saturated heterocycles. The van der Waals surface area contributed by atoms with Crippen LogP contribution in [0.2, 0.25) is 0 Å². The first-order chi connectivity index (χ1) is 15.1. The van der Waals surface area contributed by atoms with E-state index >= 15 is 0 Å². The Morgan fingerprint density at radius 3 is 2.71 bits per heavy atom. The van der Waals surface area contributed by atoms with E-state index in [9.17, 15) is 4.79 Å². The fourth-order valence-electron chi connectivity index (χ4n) is 3.44. The van der Waals surface area contributed by atoms with Crippen LogP contribution in [0.4, 0.5) is 5.69 Å². The molecule has 6 nitrogen and oxygen atoms in total. The van der Waals surface area contributed by atoms with Gasteiger partial charge in [0, 0.05) is 38.4 Å². The Kier molecular flexibility index (Phi) is 8.12. The number of rotatable bonds is 9. The van der Waals surface area contributed by atoms with E-state index in [2.05, 4.69) is 23.6 Å². The molecule has 0 N–H and O–H groups in total. The van der Waals surface area contributed by atoms with Gasteiger partial charge in [0.2, 0.25) is 5.91 Å². The maximum Gasteiger partial charge on any atom is 0.246 e. The van der Waals surface area contributed by atoms with Crippen molar-refractivity contribution in [2.45, 2.75) is 6.54 Å². The summed E-state index contributed by atoms with van der Waals surface area (Å²) in [4.78, 5) is 16.7. The topological polar surface area (TPSA) is 51.2 Å². The zero-order chi connectivity index (χ0) is 22.1. The molecule has 2 aromatic carbocycles. The van der Waals surface area contributed by atoms with Crippen LogP contribution in [-0.2, 0) is 16.1 Å². The summed E-state index contributed by atoms with van der Waals surface area (Å²) < 4.78 is 16.4. The molecule has 0 radical (unpaired) electrons. The molecule has 1 aliphatic heterocycles. The van der Waals surface area contributed by atoms with Crippen LogP contribution in [0.5, 0.6) is 11.5 Å². The first-order valence-corrected chi connectivity index (χ1v) is 10.4. The van der Waals surface area contributed by atoms with Gasteiger partial charge in [0.15, 0.2) is 11.5 Å². The van der Waals surface area contributed by atoms with Crippen LogP contribution in [0.3, 0.4) is 0 Å². The number of carbonyl (C=O) groups is 1. The van der Waals surface area contributed by atoms with Gasteiger partial charge in [0.25, 0.3) is 0 Å². The number of carbonyl (C=O) groups excluding carboxylic acids is 1. The Bertz CT molecular complexity index is 919. The van der Waals surface area contributed by atoms with E-state index in [1.807, 2.05) is 37.4 Å². The second-order valence-electron chi connectivity index (χ2n) is 7.27. The molecule has 1 amide bonds. The summed E-state index contributed by atoms with van der Waals surface area (Å²) in [5.41, 5.74) is 3.14. The van der Waals surface area contributed by atoms with Crippen LogP contribution in [0.1, 0.15) is 11.1 Å². The fourth-order valence-corrected chi connectivity index (χ4v) is 3.44. The van der Waals surface area contributed by atoms with E-state index in [4.69, 9.17) is 14.2 Å². The minimum atomic E-state index is -0.0669. The molecule has 2 aromatic rings. The van der Waals surface area contributed by atoms with Gasteiger partial charge >= 0.3 is 0 Å². The maximum absolute atomic E-state index is 12.7. The number of morpholine rings is 1. The monoisotopic (exact) mass is 422 g/mol. The molecule has 1 fully saturated rings. The first-order valence-electron chi connectivity index (χ1n) is 10.4. The van der Waals surface area contributed by atoms with Gasteiger partial charge in [-0.25, -0.2) is 0 Å². The second-order valence-corrected chi connectivity index (χ2v) is 7.27. The number of amides is 1. The highest BCUT2D eigenvalue weighted by molar-refractivity contribution is 5.91. The van der Waals surface area contributed by atoms with E-state index < -0.39 is 0 Å². The SMILES string of the molecule is C=CCOc1ccc(/C=C/C(=O)N(C)Cc2ccccc2N2CCOCC2)cc1OC. The standard InChI is InChI=1S/C25H30N2O4/c1-4-15-31-23-11-9-20(18-24(23)29-3)10-12-25(28)26(2)19-21-7-5-6-8-22(21)27-13-16-30-17-14-27/h4-12,18H,1,13-17,19H2,2-3H3/b12-10+. The zero-order valence-electron chi connectivity index (χ0n) is 18.3. The summed E-state index contributed by atoms with van der Waals surface area (Å²) in [5, 5.41) is 0. The molecule has 3 rings (SSSR count). The quantitative estimate of drug-likeness (QED) is 0.455. The molecule has 0 unspecified atom stereocenters. The molecule has 0 spiro atoms. The van der Waals surface area contributed by atoms with E-state index in [-0.39, 0.29) is 5.91 Å². The van der Waals surface area contributed by atoms with Crippen molar-refractivity contribution in [2.75, 3.05) is 52.0 Å². The summed E-state index contributed by atoms with van der Waals surface area (Å²) in [6, 6.07) is 13.8. The van der Waals surface area contributed by atoms with Crippen LogP contribution in [0.25, 0.3) is 6.08 Å². The van der Waals surface area contributed by atoms with Crippen molar-refractivity contribution >= 4 is 17.7 Å². The van der Waals surface area contributed by atoms with Gasteiger partial charge < -0.3 is 24.0 Å². The normalized spacial score (nSPS) is 13.8. The lowest BCUT2D eigenvalue weighted by Gasteiger charge is -2.31. The van der Waals surface area contributed by atoms with E-state index in [1.165, 1.54) is 0 Å². The highest BCUT2D eigenvalue weighted by atomic mass is 16.5. The van der Waals surface area contributed by atoms with Crippen molar-refractivity contribution in [3.05, 3.63) is 72.3 Å². The first kappa shape index (κ1) is 22.4. The molecular weight excluding hydrogens is 392 g/mol. The molecule has 164 valence electrons. The average Bonchev–Trinajstić information content (AvgIpc) is 2.82. The van der Waals surface area contributed by atoms with Gasteiger partial charge in [-0.1, -0.05) is 36.9 Å². The van der Waals surface area contributed by atoms with Crippen molar-refractivity contribution in [3.63, 3.8) is 0 Å². The summed E-state index contributed by atoms with van der Waals surface area (Å²) in [5.74, 6) is 1.19. The Balaban J connectivity index is 1.66. The lowest BCUT2D eigenvalue weighted by atomic mass is 10.1. The lowest BCUT2D eigenvalue weighted by Crippen LogP contribution is -2.37. The predicted octanol–water partition coefficient (Wildman–Crippen LogP) is 3.77. The number of hydrogen-bond donors (Lipinski definition) is 0. The summed E-state index contributed by atoms with van der Waals surface area (Å²) in [7, 11) is 3.41. The molecule has 1 aliphatic rings. The van der Waals surface area contributed by atoms with E-state index in [0.717, 1.165) is 43.1 Å². The number of ether oxygens (including phenoxy) is 3. The molecule has 31 heavy (non-hydrogen) atoms. The number of benzene rings is 2. The molecular formula is C25H30N2O4. The Hall–Kier alpha value is -3.25. The minimum absolute atomic E-state index is 0.0669. The lowest BCUT2D eigenvalue weighted by molar-refractivity contribution is -0.125. The average molecular weight is 423 g/mol. The van der Waals surface area contributed by atoms with E-state index in [0.29, 0.717) is 24.7 Å². The van der Waals surface area contributed by atoms with Crippen molar-refractivity contribution in [3.8, 4) is 11.5 Å². The van der Waals surface area contributed by atoms with Crippen LogP contribution in [0.15, 0.2) is 61.2 Å². The Labute approximate surface area is 184 Å². The van der Waals surface area contributed by atoms with Crippen LogP contribution < -0.4 is 14.4 Å². The molecule has 0 atom stereocenters. The van der Waals surface area contributed by atoms with Gasteiger partial charge in [-0.15, -0.1) is 0 Å². The highest BCUT2D eigenvalue weighted by Gasteiger charge is 2.16. The van der Waals surface area contributed by atoms with Crippen molar-refractivity contribution in [1.29, 1.82) is 0 Å². The molecule has 0 bridgehead atoms. The summed E-state index contributed by atoms with van der Waals surface area (Å²) >= 11 is 0. The zero-order valence-corrected chi connectivity index (χ0v) is 18.3. The third-order valence-electron chi connectivity index (χ3n) is 5.09. The van der Waals surface area contributed by atoms with Gasteiger partial charge in [0.1, 0.15) is 6.61 Å². The molecule has 1 heterocycles. The van der Waals surface area contributed by atoms with Gasteiger partial charge in [-0.05, 0) is 35.4 Å². The van der Waals surface area contributed by atoms with Gasteiger partial charge in [-0.2, -0.15) is 0 Å². The summed E-state index contributed by atoms with van der Waals surface area (Å²) in [6.45, 7) is 7.77. The Morgan fingerprint density at radius 1 is 1.19 bits per heavy atom. The molecule has 6 heteroatoms. The van der Waals surface area contributed by atoms with Crippen molar-refractivity contribution < 1.29 is 19.0 Å². The number of para-hydroxylation sites is 1. The number of anilines is 1. The highest BCUT2D eigenvalue weighted by Crippen LogP contribution is 2.28. The maximum atomic E-state index is 12.7.